The van der Waals surface area contributed by atoms with Gasteiger partial charge in [-0.3, -0.25) is 14.4 Å². The fraction of sp³-hybridized carbons (Fsp3) is 0.300. The van der Waals surface area contributed by atoms with Crippen LogP contribution < -0.4 is 10.6 Å². The number of hydrogen-bond acceptors (Lipinski definition) is 6. The van der Waals surface area contributed by atoms with Crippen molar-refractivity contribution in [2.75, 3.05) is 11.9 Å². The number of furan rings is 1. The zero-order chi connectivity index (χ0) is 20.7. The van der Waals surface area contributed by atoms with Gasteiger partial charge in [-0.05, 0) is 37.1 Å². The van der Waals surface area contributed by atoms with Gasteiger partial charge in [0.15, 0.2) is 18.2 Å². The standard InChI is InChI=1S/C20H22N2O6/c1-12(2)18(22-19(25)16-8-5-9-27-16)20(26)28-11-17(24)21-15-7-4-6-14(10-15)13(3)23/h4-10,12,18H,11H2,1-3H3,(H,21,24)(H,22,25)/t18-/m0/s1. The molecule has 28 heavy (non-hydrogen) atoms. The number of carbonyl (C=O) groups excluding carboxylic acids is 4. The van der Waals surface area contributed by atoms with Crippen LogP contribution in [0, 0.1) is 5.92 Å². The van der Waals surface area contributed by atoms with E-state index in [1.165, 1.54) is 25.3 Å². The Morgan fingerprint density at radius 2 is 1.86 bits per heavy atom. The van der Waals surface area contributed by atoms with Gasteiger partial charge >= 0.3 is 5.97 Å². The van der Waals surface area contributed by atoms with Crippen molar-refractivity contribution in [3.8, 4) is 0 Å². The first-order valence-corrected chi connectivity index (χ1v) is 8.69. The highest BCUT2D eigenvalue weighted by Crippen LogP contribution is 2.11. The molecule has 8 nitrogen and oxygen atoms in total. The van der Waals surface area contributed by atoms with E-state index in [4.69, 9.17) is 9.15 Å². The maximum Gasteiger partial charge on any atom is 0.329 e. The van der Waals surface area contributed by atoms with Gasteiger partial charge in [0.1, 0.15) is 6.04 Å². The maximum absolute atomic E-state index is 12.3. The van der Waals surface area contributed by atoms with Crippen molar-refractivity contribution >= 4 is 29.3 Å². The summed E-state index contributed by atoms with van der Waals surface area (Å²) in [6.07, 6.45) is 1.35. The molecule has 8 heteroatoms. The van der Waals surface area contributed by atoms with Gasteiger partial charge in [0.25, 0.3) is 11.8 Å². The molecule has 2 rings (SSSR count). The molecule has 0 fully saturated rings. The average molecular weight is 386 g/mol. The van der Waals surface area contributed by atoms with E-state index in [0.29, 0.717) is 11.3 Å². The van der Waals surface area contributed by atoms with Crippen LogP contribution in [0.3, 0.4) is 0 Å². The van der Waals surface area contributed by atoms with Crippen molar-refractivity contribution in [3.05, 3.63) is 54.0 Å². The quantitative estimate of drug-likeness (QED) is 0.532. The molecule has 0 aliphatic heterocycles. The topological polar surface area (TPSA) is 115 Å². The Labute approximate surface area is 162 Å². The molecule has 0 saturated carbocycles. The van der Waals surface area contributed by atoms with E-state index >= 15 is 0 Å². The molecular formula is C20H22N2O6. The smallest absolute Gasteiger partial charge is 0.329 e. The summed E-state index contributed by atoms with van der Waals surface area (Å²) in [5.41, 5.74) is 0.871. The summed E-state index contributed by atoms with van der Waals surface area (Å²) in [6, 6.07) is 8.51. The zero-order valence-electron chi connectivity index (χ0n) is 15.9. The van der Waals surface area contributed by atoms with Gasteiger partial charge in [-0.2, -0.15) is 0 Å². The lowest BCUT2D eigenvalue weighted by Gasteiger charge is -2.20. The number of Topliss-reactive ketones (excluding diaryl/α,β-unsaturated/α-hetero) is 1. The molecule has 1 heterocycles. The second-order valence-corrected chi connectivity index (χ2v) is 6.47. The van der Waals surface area contributed by atoms with Crippen molar-refractivity contribution in [3.63, 3.8) is 0 Å². The van der Waals surface area contributed by atoms with Crippen LogP contribution in [0.1, 0.15) is 41.7 Å². The van der Waals surface area contributed by atoms with Gasteiger partial charge in [-0.25, -0.2) is 4.79 Å². The molecule has 0 aliphatic rings. The third-order valence-corrected chi connectivity index (χ3v) is 3.85. The van der Waals surface area contributed by atoms with Gasteiger partial charge in [0.2, 0.25) is 0 Å². The van der Waals surface area contributed by atoms with Gasteiger partial charge < -0.3 is 19.8 Å². The van der Waals surface area contributed by atoms with Crippen LogP contribution in [0.2, 0.25) is 0 Å². The second-order valence-electron chi connectivity index (χ2n) is 6.47. The lowest BCUT2D eigenvalue weighted by molar-refractivity contribution is -0.150. The molecule has 2 aromatic rings. The predicted molar refractivity (Wildman–Crippen MR) is 101 cm³/mol. The van der Waals surface area contributed by atoms with Crippen LogP contribution >= 0.6 is 0 Å². The van der Waals surface area contributed by atoms with Gasteiger partial charge in [-0.1, -0.05) is 26.0 Å². The van der Waals surface area contributed by atoms with Crippen LogP contribution in [0.5, 0.6) is 0 Å². The lowest BCUT2D eigenvalue weighted by Crippen LogP contribution is -2.45. The third kappa shape index (κ3) is 5.80. The van der Waals surface area contributed by atoms with E-state index in [0.717, 1.165) is 0 Å². The lowest BCUT2D eigenvalue weighted by atomic mass is 10.0. The number of carbonyl (C=O) groups is 4. The molecule has 0 saturated heterocycles. The number of esters is 1. The summed E-state index contributed by atoms with van der Waals surface area (Å²) in [6.45, 7) is 4.37. The summed E-state index contributed by atoms with van der Waals surface area (Å²) < 4.78 is 10.0. The fourth-order valence-corrected chi connectivity index (χ4v) is 2.36. The SMILES string of the molecule is CC(=O)c1cccc(NC(=O)COC(=O)[C@@H](NC(=O)c2ccco2)C(C)C)c1. The van der Waals surface area contributed by atoms with E-state index in [2.05, 4.69) is 10.6 Å². The molecule has 1 aromatic carbocycles. The summed E-state index contributed by atoms with van der Waals surface area (Å²) in [4.78, 5) is 47.8. The molecule has 2 amide bonds. The molecule has 1 atom stereocenters. The Morgan fingerprint density at radius 3 is 2.46 bits per heavy atom. The summed E-state index contributed by atoms with van der Waals surface area (Å²) in [7, 11) is 0. The van der Waals surface area contributed by atoms with Crippen molar-refractivity contribution < 1.29 is 28.3 Å². The van der Waals surface area contributed by atoms with E-state index in [9.17, 15) is 19.2 Å². The van der Waals surface area contributed by atoms with Crippen molar-refractivity contribution in [2.45, 2.75) is 26.8 Å². The normalized spacial score (nSPS) is 11.6. The number of amides is 2. The molecular weight excluding hydrogens is 364 g/mol. The van der Waals surface area contributed by atoms with Crippen LogP contribution in [-0.2, 0) is 14.3 Å². The highest BCUT2D eigenvalue weighted by atomic mass is 16.5. The first-order valence-electron chi connectivity index (χ1n) is 8.69. The Kier molecular flexibility index (Phi) is 7.08. The number of anilines is 1. The van der Waals surface area contributed by atoms with Crippen molar-refractivity contribution in [1.82, 2.24) is 5.32 Å². The van der Waals surface area contributed by atoms with Crippen molar-refractivity contribution in [1.29, 1.82) is 0 Å². The maximum atomic E-state index is 12.3. The number of nitrogens with one attached hydrogen (secondary N) is 2. The molecule has 148 valence electrons. The second kappa shape index (κ2) is 9.50. The average Bonchev–Trinajstić information content (AvgIpc) is 3.18. The Morgan fingerprint density at radius 1 is 1.11 bits per heavy atom. The summed E-state index contributed by atoms with van der Waals surface area (Å²) in [5.74, 6) is -2.17. The predicted octanol–water partition coefficient (Wildman–Crippen LogP) is 2.42. The Bertz CT molecular complexity index is 857. The van der Waals surface area contributed by atoms with Crippen LogP contribution in [-0.4, -0.2) is 36.2 Å². The monoisotopic (exact) mass is 386 g/mol. The van der Waals surface area contributed by atoms with Crippen molar-refractivity contribution in [2.24, 2.45) is 5.92 Å². The number of hydrogen-bond donors (Lipinski definition) is 2. The molecule has 0 spiro atoms. The summed E-state index contributed by atoms with van der Waals surface area (Å²) >= 11 is 0. The van der Waals surface area contributed by atoms with E-state index in [1.54, 1.807) is 38.1 Å². The Balaban J connectivity index is 1.91. The van der Waals surface area contributed by atoms with Crippen LogP contribution in [0.15, 0.2) is 47.1 Å². The number of benzene rings is 1. The molecule has 2 N–H and O–H groups in total. The van der Waals surface area contributed by atoms with Crippen LogP contribution in [0.4, 0.5) is 5.69 Å². The minimum atomic E-state index is -0.938. The highest BCUT2D eigenvalue weighted by Gasteiger charge is 2.27. The molecule has 1 aromatic heterocycles. The fourth-order valence-electron chi connectivity index (χ4n) is 2.36. The summed E-state index contributed by atoms with van der Waals surface area (Å²) in [5, 5.41) is 5.09. The number of ether oxygens (including phenoxy) is 1. The van der Waals surface area contributed by atoms with Gasteiger partial charge in [0.05, 0.1) is 6.26 Å². The molecule has 0 unspecified atom stereocenters. The largest absolute Gasteiger partial charge is 0.459 e. The van der Waals surface area contributed by atoms with E-state index in [-0.39, 0.29) is 17.5 Å². The highest BCUT2D eigenvalue weighted by molar-refractivity contribution is 5.98. The van der Waals surface area contributed by atoms with Gasteiger partial charge in [-0.15, -0.1) is 0 Å². The van der Waals surface area contributed by atoms with E-state index in [1.807, 2.05) is 0 Å². The molecule has 0 bridgehead atoms. The first kappa shape index (κ1) is 20.9. The zero-order valence-corrected chi connectivity index (χ0v) is 15.9. The molecule has 0 radical (unpaired) electrons. The minimum Gasteiger partial charge on any atom is -0.459 e. The van der Waals surface area contributed by atoms with Gasteiger partial charge in [0, 0.05) is 11.3 Å². The molecule has 0 aliphatic carbocycles. The first-order chi connectivity index (χ1) is 13.3. The number of rotatable bonds is 8. The third-order valence-electron chi connectivity index (χ3n) is 3.85. The van der Waals surface area contributed by atoms with E-state index < -0.39 is 30.4 Å². The Hall–Kier alpha value is -3.42. The number of ketones is 1. The minimum absolute atomic E-state index is 0.0709. The van der Waals surface area contributed by atoms with Crippen LogP contribution in [0.25, 0.3) is 0 Å².